The molecule has 1 rings (SSSR count). The standard InChI is InChI=1S/C12H19BrClN3O/c1-8(2)17(9(3)4)5-6-18-11-10(13)7-15-12(14)16-11/h7-9H,5-6H2,1-4H3. The minimum Gasteiger partial charge on any atom is -0.475 e. The highest BCUT2D eigenvalue weighted by Gasteiger charge is 2.13. The Kier molecular flexibility index (Phi) is 6.32. The van der Waals surface area contributed by atoms with Gasteiger partial charge in [0.05, 0.1) is 4.47 Å². The minimum atomic E-state index is 0.192. The van der Waals surface area contributed by atoms with E-state index in [-0.39, 0.29) is 5.28 Å². The lowest BCUT2D eigenvalue weighted by Gasteiger charge is -2.30. The SMILES string of the molecule is CC(C)N(CCOc1nc(Cl)ncc1Br)C(C)C. The van der Waals surface area contributed by atoms with Gasteiger partial charge in [-0.15, -0.1) is 0 Å². The molecule has 1 heterocycles. The molecule has 0 atom stereocenters. The van der Waals surface area contributed by atoms with E-state index in [9.17, 15) is 0 Å². The second-order valence-corrected chi connectivity index (χ2v) is 5.76. The highest BCUT2D eigenvalue weighted by atomic mass is 79.9. The lowest BCUT2D eigenvalue weighted by Crippen LogP contribution is -2.39. The zero-order valence-electron chi connectivity index (χ0n) is 11.2. The fourth-order valence-electron chi connectivity index (χ4n) is 1.79. The van der Waals surface area contributed by atoms with Crippen LogP contribution < -0.4 is 4.74 Å². The van der Waals surface area contributed by atoms with Crippen molar-refractivity contribution in [2.45, 2.75) is 39.8 Å². The minimum absolute atomic E-state index is 0.192. The molecule has 0 amide bonds. The summed E-state index contributed by atoms with van der Waals surface area (Å²) in [5.41, 5.74) is 0. The van der Waals surface area contributed by atoms with Gasteiger partial charge in [0.15, 0.2) is 0 Å². The predicted molar refractivity (Wildman–Crippen MR) is 77.2 cm³/mol. The molecule has 6 heteroatoms. The first-order valence-electron chi connectivity index (χ1n) is 5.98. The Balaban J connectivity index is 2.52. The van der Waals surface area contributed by atoms with Gasteiger partial charge < -0.3 is 4.74 Å². The molecule has 0 radical (unpaired) electrons. The van der Waals surface area contributed by atoms with Crippen LogP contribution in [0.5, 0.6) is 5.88 Å². The summed E-state index contributed by atoms with van der Waals surface area (Å²) in [4.78, 5) is 10.2. The van der Waals surface area contributed by atoms with Crippen molar-refractivity contribution in [2.24, 2.45) is 0 Å². The summed E-state index contributed by atoms with van der Waals surface area (Å²) >= 11 is 9.06. The molecule has 0 fully saturated rings. The number of nitrogens with zero attached hydrogens (tertiary/aromatic N) is 3. The molecule has 4 nitrogen and oxygen atoms in total. The summed E-state index contributed by atoms with van der Waals surface area (Å²) in [5.74, 6) is 0.488. The van der Waals surface area contributed by atoms with E-state index < -0.39 is 0 Å². The highest BCUT2D eigenvalue weighted by Crippen LogP contribution is 2.22. The average Bonchev–Trinajstić information content (AvgIpc) is 2.27. The Bertz CT molecular complexity index is 380. The Hall–Kier alpha value is -0.390. The zero-order chi connectivity index (χ0) is 13.7. The Morgan fingerprint density at radius 2 is 1.94 bits per heavy atom. The molecule has 0 N–H and O–H groups in total. The summed E-state index contributed by atoms with van der Waals surface area (Å²) in [6.07, 6.45) is 1.59. The van der Waals surface area contributed by atoms with Crippen LogP contribution in [0.3, 0.4) is 0 Å². The summed E-state index contributed by atoms with van der Waals surface area (Å²) in [6.45, 7) is 10.1. The molecule has 0 aliphatic heterocycles. The number of halogens is 2. The lowest BCUT2D eigenvalue weighted by molar-refractivity contribution is 0.139. The first kappa shape index (κ1) is 15.7. The fourth-order valence-corrected chi connectivity index (χ4v) is 2.22. The maximum absolute atomic E-state index is 5.73. The van der Waals surface area contributed by atoms with E-state index in [0.29, 0.717) is 29.0 Å². The second-order valence-electron chi connectivity index (χ2n) is 4.57. The van der Waals surface area contributed by atoms with Gasteiger partial charge in [-0.05, 0) is 55.2 Å². The van der Waals surface area contributed by atoms with E-state index in [2.05, 4.69) is 58.5 Å². The summed E-state index contributed by atoms with van der Waals surface area (Å²) < 4.78 is 6.34. The maximum Gasteiger partial charge on any atom is 0.232 e. The molecule has 0 saturated carbocycles. The lowest BCUT2D eigenvalue weighted by atomic mass is 10.2. The molecule has 0 spiro atoms. The van der Waals surface area contributed by atoms with Crippen molar-refractivity contribution < 1.29 is 4.74 Å². The van der Waals surface area contributed by atoms with Gasteiger partial charge in [-0.25, -0.2) is 4.98 Å². The number of hydrogen-bond acceptors (Lipinski definition) is 4. The quantitative estimate of drug-likeness (QED) is 0.746. The largest absolute Gasteiger partial charge is 0.475 e. The van der Waals surface area contributed by atoms with Crippen molar-refractivity contribution in [3.05, 3.63) is 16.0 Å². The van der Waals surface area contributed by atoms with E-state index in [1.165, 1.54) is 0 Å². The van der Waals surface area contributed by atoms with E-state index in [0.717, 1.165) is 6.54 Å². The first-order valence-corrected chi connectivity index (χ1v) is 7.15. The van der Waals surface area contributed by atoms with Crippen molar-refractivity contribution >= 4 is 27.5 Å². The van der Waals surface area contributed by atoms with Crippen molar-refractivity contribution in [3.8, 4) is 5.88 Å². The third-order valence-corrected chi connectivity index (χ3v) is 3.32. The van der Waals surface area contributed by atoms with Gasteiger partial charge in [0.2, 0.25) is 11.2 Å². The monoisotopic (exact) mass is 335 g/mol. The Morgan fingerprint density at radius 3 is 2.50 bits per heavy atom. The molecule has 18 heavy (non-hydrogen) atoms. The molecule has 0 unspecified atom stereocenters. The van der Waals surface area contributed by atoms with E-state index in [1.54, 1.807) is 6.20 Å². The van der Waals surface area contributed by atoms with Gasteiger partial charge in [-0.2, -0.15) is 4.98 Å². The number of ether oxygens (including phenoxy) is 1. The number of hydrogen-bond donors (Lipinski definition) is 0. The van der Waals surface area contributed by atoms with Gasteiger partial charge in [0.25, 0.3) is 0 Å². The number of rotatable bonds is 6. The third kappa shape index (κ3) is 4.71. The van der Waals surface area contributed by atoms with Crippen molar-refractivity contribution in [3.63, 3.8) is 0 Å². The van der Waals surface area contributed by atoms with Crippen molar-refractivity contribution in [1.82, 2.24) is 14.9 Å². The number of aromatic nitrogens is 2. The predicted octanol–water partition coefficient (Wildman–Crippen LogP) is 3.39. The van der Waals surface area contributed by atoms with Crippen LogP contribution in [0.25, 0.3) is 0 Å². The van der Waals surface area contributed by atoms with E-state index >= 15 is 0 Å². The van der Waals surface area contributed by atoms with Gasteiger partial charge in [0.1, 0.15) is 6.61 Å². The maximum atomic E-state index is 5.73. The molecule has 0 aliphatic rings. The molecule has 0 bridgehead atoms. The molecule has 0 aromatic carbocycles. The van der Waals surface area contributed by atoms with Crippen LogP contribution in [0, 0.1) is 0 Å². The normalized spacial score (nSPS) is 11.6. The van der Waals surface area contributed by atoms with Crippen LogP contribution in [0.2, 0.25) is 5.28 Å². The Morgan fingerprint density at radius 1 is 1.33 bits per heavy atom. The van der Waals surface area contributed by atoms with Crippen molar-refractivity contribution in [2.75, 3.05) is 13.2 Å². The second kappa shape index (κ2) is 7.26. The smallest absolute Gasteiger partial charge is 0.232 e. The van der Waals surface area contributed by atoms with Gasteiger partial charge >= 0.3 is 0 Å². The molecule has 0 aliphatic carbocycles. The average molecular weight is 337 g/mol. The van der Waals surface area contributed by atoms with E-state index in [4.69, 9.17) is 16.3 Å². The summed E-state index contributed by atoms with van der Waals surface area (Å²) in [6, 6.07) is 0.983. The first-order chi connectivity index (χ1) is 8.41. The molecule has 102 valence electrons. The topological polar surface area (TPSA) is 38.2 Å². The summed E-state index contributed by atoms with van der Waals surface area (Å²) in [5, 5.41) is 0.192. The van der Waals surface area contributed by atoms with Crippen LogP contribution in [0.4, 0.5) is 0 Å². The van der Waals surface area contributed by atoms with Crippen LogP contribution >= 0.6 is 27.5 Å². The van der Waals surface area contributed by atoms with Gasteiger partial charge in [-0.3, -0.25) is 4.90 Å². The van der Waals surface area contributed by atoms with Gasteiger partial charge in [-0.1, -0.05) is 0 Å². The van der Waals surface area contributed by atoms with Crippen LogP contribution in [0.1, 0.15) is 27.7 Å². The van der Waals surface area contributed by atoms with E-state index in [1.807, 2.05) is 0 Å². The fraction of sp³-hybridized carbons (Fsp3) is 0.667. The van der Waals surface area contributed by atoms with Crippen molar-refractivity contribution in [1.29, 1.82) is 0 Å². The molecule has 0 saturated heterocycles. The highest BCUT2D eigenvalue weighted by molar-refractivity contribution is 9.10. The van der Waals surface area contributed by atoms with Crippen LogP contribution in [-0.2, 0) is 0 Å². The molecule has 1 aromatic rings. The van der Waals surface area contributed by atoms with Crippen LogP contribution in [0.15, 0.2) is 10.7 Å². The third-order valence-electron chi connectivity index (χ3n) is 2.60. The molecular formula is C12H19BrClN3O. The molecule has 1 aromatic heterocycles. The van der Waals surface area contributed by atoms with Gasteiger partial charge in [0, 0.05) is 24.8 Å². The summed E-state index contributed by atoms with van der Waals surface area (Å²) in [7, 11) is 0. The zero-order valence-corrected chi connectivity index (χ0v) is 13.5. The van der Waals surface area contributed by atoms with Crippen LogP contribution in [-0.4, -0.2) is 40.1 Å². The molecular weight excluding hydrogens is 318 g/mol. The Labute approximate surface area is 122 Å².